The number of aromatic nitrogens is 1. The van der Waals surface area contributed by atoms with Crippen molar-refractivity contribution in [3.8, 4) is 0 Å². The second kappa shape index (κ2) is 11.4. The van der Waals surface area contributed by atoms with Crippen LogP contribution >= 0.6 is 0 Å². The standard InChI is InChI=1S/C29H37F3N4O2/c1-28(2,3)20-11-13-23(14-12-20)36(27(38)24-10-7-15-34-24)25(26(37)35-22-8-5-4-6-9-22)19-16-21(18-33-17-19)29(30,31)32/h11-14,16-18,22,24-25,34H,4-10,15H2,1-3H3,(H,35,37)/t24-,25?/m1/s1. The Morgan fingerprint density at radius 3 is 2.24 bits per heavy atom. The van der Waals surface area contributed by atoms with Crippen molar-refractivity contribution in [1.29, 1.82) is 0 Å². The number of halogens is 3. The van der Waals surface area contributed by atoms with Gasteiger partial charge < -0.3 is 10.6 Å². The molecule has 1 saturated heterocycles. The predicted molar refractivity (Wildman–Crippen MR) is 141 cm³/mol. The molecule has 2 fully saturated rings. The number of hydrogen-bond donors (Lipinski definition) is 2. The van der Waals surface area contributed by atoms with Crippen molar-refractivity contribution >= 4 is 17.5 Å². The molecule has 2 heterocycles. The summed E-state index contributed by atoms with van der Waals surface area (Å²) in [6.45, 7) is 6.88. The third kappa shape index (κ3) is 6.54. The summed E-state index contributed by atoms with van der Waals surface area (Å²) in [5.41, 5.74) is 0.428. The Bertz CT molecular complexity index is 1120. The van der Waals surface area contributed by atoms with Crippen molar-refractivity contribution in [2.45, 2.75) is 95.4 Å². The molecule has 2 amide bonds. The van der Waals surface area contributed by atoms with Gasteiger partial charge in [-0.25, -0.2) is 0 Å². The van der Waals surface area contributed by atoms with Crippen molar-refractivity contribution in [3.05, 3.63) is 59.4 Å². The first-order valence-corrected chi connectivity index (χ1v) is 13.4. The van der Waals surface area contributed by atoms with Gasteiger partial charge in [0, 0.05) is 29.7 Å². The van der Waals surface area contributed by atoms with Crippen LogP contribution in [0, 0.1) is 0 Å². The van der Waals surface area contributed by atoms with Crippen molar-refractivity contribution in [1.82, 2.24) is 15.6 Å². The van der Waals surface area contributed by atoms with E-state index in [4.69, 9.17) is 0 Å². The zero-order valence-corrected chi connectivity index (χ0v) is 22.3. The van der Waals surface area contributed by atoms with E-state index in [1.54, 1.807) is 12.1 Å². The van der Waals surface area contributed by atoms with Gasteiger partial charge in [0.15, 0.2) is 0 Å². The summed E-state index contributed by atoms with van der Waals surface area (Å²) in [7, 11) is 0. The number of hydrogen-bond acceptors (Lipinski definition) is 4. The molecular formula is C29H37F3N4O2. The van der Waals surface area contributed by atoms with Crippen LogP contribution in [0.3, 0.4) is 0 Å². The maximum atomic E-state index is 14.0. The minimum absolute atomic E-state index is 0.0272. The fourth-order valence-corrected chi connectivity index (χ4v) is 5.30. The second-order valence-corrected chi connectivity index (χ2v) is 11.4. The van der Waals surface area contributed by atoms with Crippen LogP contribution in [0.5, 0.6) is 0 Å². The van der Waals surface area contributed by atoms with Crippen LogP contribution in [0.2, 0.25) is 0 Å². The third-order valence-electron chi connectivity index (χ3n) is 7.47. The fraction of sp³-hybridized carbons (Fsp3) is 0.552. The Balaban J connectivity index is 1.81. The lowest BCUT2D eigenvalue weighted by molar-refractivity contribution is -0.138. The fourth-order valence-electron chi connectivity index (χ4n) is 5.30. The molecule has 0 spiro atoms. The number of benzene rings is 1. The van der Waals surface area contributed by atoms with E-state index in [-0.39, 0.29) is 22.9 Å². The van der Waals surface area contributed by atoms with Crippen molar-refractivity contribution in [3.63, 3.8) is 0 Å². The van der Waals surface area contributed by atoms with E-state index < -0.39 is 29.7 Å². The largest absolute Gasteiger partial charge is 0.417 e. The molecular weight excluding hydrogens is 493 g/mol. The Kier molecular flexibility index (Phi) is 8.45. The summed E-state index contributed by atoms with van der Waals surface area (Å²) < 4.78 is 41.0. The molecule has 1 aliphatic carbocycles. The van der Waals surface area contributed by atoms with E-state index in [0.29, 0.717) is 18.7 Å². The van der Waals surface area contributed by atoms with Gasteiger partial charge in [-0.05, 0) is 61.4 Å². The summed E-state index contributed by atoms with van der Waals surface area (Å²) in [5, 5.41) is 6.23. The predicted octanol–water partition coefficient (Wildman–Crippen LogP) is 5.67. The van der Waals surface area contributed by atoms with Crippen LogP contribution in [0.25, 0.3) is 0 Å². The lowest BCUT2D eigenvalue weighted by atomic mass is 9.87. The molecule has 1 aliphatic heterocycles. The van der Waals surface area contributed by atoms with Gasteiger partial charge in [0.1, 0.15) is 6.04 Å². The molecule has 1 aromatic heterocycles. The normalized spacial score (nSPS) is 19.7. The van der Waals surface area contributed by atoms with E-state index in [9.17, 15) is 22.8 Å². The summed E-state index contributed by atoms with van der Waals surface area (Å²) in [6.07, 6.45) is 3.40. The first kappa shape index (κ1) is 28.1. The highest BCUT2D eigenvalue weighted by molar-refractivity contribution is 6.04. The minimum atomic E-state index is -4.64. The number of nitrogens with zero attached hydrogens (tertiary/aromatic N) is 2. The lowest BCUT2D eigenvalue weighted by Crippen LogP contribution is -2.51. The molecule has 2 atom stereocenters. The van der Waals surface area contributed by atoms with E-state index in [2.05, 4.69) is 36.4 Å². The molecule has 38 heavy (non-hydrogen) atoms. The summed E-state index contributed by atoms with van der Waals surface area (Å²) >= 11 is 0. The highest BCUT2D eigenvalue weighted by Gasteiger charge is 2.39. The monoisotopic (exact) mass is 530 g/mol. The average molecular weight is 531 g/mol. The molecule has 2 aliphatic rings. The second-order valence-electron chi connectivity index (χ2n) is 11.4. The highest BCUT2D eigenvalue weighted by atomic mass is 19.4. The molecule has 1 saturated carbocycles. The first-order chi connectivity index (χ1) is 17.9. The molecule has 4 rings (SSSR count). The summed E-state index contributed by atoms with van der Waals surface area (Å²) in [5.74, 6) is -0.837. The van der Waals surface area contributed by atoms with Gasteiger partial charge in [-0.3, -0.25) is 19.5 Å². The molecule has 2 N–H and O–H groups in total. The number of nitrogens with one attached hydrogen (secondary N) is 2. The molecule has 2 aromatic rings. The van der Waals surface area contributed by atoms with Crippen LogP contribution in [0.1, 0.15) is 88.4 Å². The van der Waals surface area contributed by atoms with E-state index in [1.165, 1.54) is 11.1 Å². The Labute approximate surface area is 222 Å². The molecule has 0 radical (unpaired) electrons. The van der Waals surface area contributed by atoms with Gasteiger partial charge in [-0.15, -0.1) is 0 Å². The number of carbonyl (C=O) groups is 2. The Morgan fingerprint density at radius 1 is 0.974 bits per heavy atom. The Hall–Kier alpha value is -2.94. The number of pyridine rings is 1. The molecule has 1 aromatic carbocycles. The molecule has 9 heteroatoms. The number of rotatable bonds is 6. The number of anilines is 1. The summed E-state index contributed by atoms with van der Waals surface area (Å²) in [4.78, 5) is 33.1. The Morgan fingerprint density at radius 2 is 1.66 bits per heavy atom. The molecule has 206 valence electrons. The van der Waals surface area contributed by atoms with Crippen LogP contribution in [-0.4, -0.2) is 35.4 Å². The third-order valence-corrected chi connectivity index (χ3v) is 7.47. The van der Waals surface area contributed by atoms with Gasteiger partial charge in [0.25, 0.3) is 0 Å². The van der Waals surface area contributed by atoms with Crippen LogP contribution < -0.4 is 15.5 Å². The number of amides is 2. The zero-order chi connectivity index (χ0) is 27.5. The number of carbonyl (C=O) groups excluding carboxylic acids is 2. The SMILES string of the molecule is CC(C)(C)c1ccc(N(C(=O)[C@H]2CCCN2)C(C(=O)NC2CCCCC2)c2cncc(C(F)(F)F)c2)cc1. The first-order valence-electron chi connectivity index (χ1n) is 13.4. The lowest BCUT2D eigenvalue weighted by Gasteiger charge is -2.35. The van der Waals surface area contributed by atoms with Gasteiger partial charge in [-0.2, -0.15) is 13.2 Å². The van der Waals surface area contributed by atoms with Gasteiger partial charge in [0.05, 0.1) is 11.6 Å². The van der Waals surface area contributed by atoms with E-state index >= 15 is 0 Å². The quantitative estimate of drug-likeness (QED) is 0.505. The van der Waals surface area contributed by atoms with E-state index in [0.717, 1.165) is 56.4 Å². The van der Waals surface area contributed by atoms with Crippen molar-refractivity contribution < 1.29 is 22.8 Å². The van der Waals surface area contributed by atoms with Crippen LogP contribution in [0.15, 0.2) is 42.7 Å². The van der Waals surface area contributed by atoms with Crippen molar-refractivity contribution in [2.75, 3.05) is 11.4 Å². The highest BCUT2D eigenvalue weighted by Crippen LogP contribution is 2.35. The van der Waals surface area contributed by atoms with Gasteiger partial charge in [-0.1, -0.05) is 52.2 Å². The van der Waals surface area contributed by atoms with Crippen molar-refractivity contribution in [2.24, 2.45) is 0 Å². The maximum absolute atomic E-state index is 14.0. The molecule has 0 bridgehead atoms. The maximum Gasteiger partial charge on any atom is 0.417 e. The molecule has 1 unspecified atom stereocenters. The minimum Gasteiger partial charge on any atom is -0.351 e. The topological polar surface area (TPSA) is 74.3 Å². The number of alkyl halides is 3. The summed E-state index contributed by atoms with van der Waals surface area (Å²) in [6, 6.07) is 6.37. The van der Waals surface area contributed by atoms with E-state index in [1.807, 2.05) is 12.1 Å². The van der Waals surface area contributed by atoms with Gasteiger partial charge >= 0.3 is 6.18 Å². The van der Waals surface area contributed by atoms with Gasteiger partial charge in [0.2, 0.25) is 11.8 Å². The zero-order valence-electron chi connectivity index (χ0n) is 22.3. The van der Waals surface area contributed by atoms with Crippen LogP contribution in [-0.2, 0) is 21.2 Å². The van der Waals surface area contributed by atoms with Crippen LogP contribution in [0.4, 0.5) is 18.9 Å². The smallest absolute Gasteiger partial charge is 0.351 e. The average Bonchev–Trinajstić information content (AvgIpc) is 3.42. The molecule has 6 nitrogen and oxygen atoms in total.